The molecule has 0 spiro atoms. The van der Waals surface area contributed by atoms with Gasteiger partial charge in [-0.3, -0.25) is 9.78 Å². The van der Waals surface area contributed by atoms with Crippen molar-refractivity contribution in [1.82, 2.24) is 14.5 Å². The highest BCUT2D eigenvalue weighted by atomic mass is 16.3. The fourth-order valence-corrected chi connectivity index (χ4v) is 3.81. The normalized spacial score (nSPS) is 11.0. The molecule has 5 aromatic rings. The minimum atomic E-state index is -0.146. The minimum Gasteiger partial charge on any atom is -0.506 e. The molecule has 0 aliphatic heterocycles. The van der Waals surface area contributed by atoms with E-state index in [4.69, 9.17) is 0 Å². The summed E-state index contributed by atoms with van der Waals surface area (Å²) in [6.07, 6.45) is 3.10. The van der Waals surface area contributed by atoms with E-state index in [0.29, 0.717) is 34.4 Å². The fraction of sp³-hybridized carbons (Fsp3) is 0.0385. The summed E-state index contributed by atoms with van der Waals surface area (Å²) < 4.78 is 1.68. The molecule has 3 aromatic heterocycles. The Hall–Kier alpha value is -4.25. The zero-order valence-electron chi connectivity index (χ0n) is 16.6. The fourth-order valence-electron chi connectivity index (χ4n) is 3.81. The highest BCUT2D eigenvalue weighted by Crippen LogP contribution is 2.33. The Morgan fingerprint density at radius 2 is 1.55 bits per heavy atom. The Labute approximate surface area is 178 Å². The molecule has 0 fully saturated rings. The molecular weight excluding hydrogens is 386 g/mol. The molecule has 1 N–H and O–H groups in total. The van der Waals surface area contributed by atoms with Crippen LogP contribution < -0.4 is 5.56 Å². The number of aromatic hydroxyl groups is 1. The number of fused-ring (bicyclic) bond motifs is 1. The SMILES string of the molecule is O=c1c(-c2ccccc2)cc2c(O)cnc(-c3ccccn3)c2n1Cc1ccccc1. The van der Waals surface area contributed by atoms with Crippen LogP contribution in [0.3, 0.4) is 0 Å². The topological polar surface area (TPSA) is 68.0 Å². The molecule has 0 unspecified atom stereocenters. The van der Waals surface area contributed by atoms with Gasteiger partial charge in [0.15, 0.2) is 0 Å². The first-order valence-corrected chi connectivity index (χ1v) is 9.98. The zero-order valence-corrected chi connectivity index (χ0v) is 16.6. The lowest BCUT2D eigenvalue weighted by atomic mass is 10.0. The molecule has 5 heteroatoms. The van der Waals surface area contributed by atoms with Gasteiger partial charge in [0.2, 0.25) is 0 Å². The van der Waals surface area contributed by atoms with Gasteiger partial charge < -0.3 is 9.67 Å². The Balaban J connectivity index is 1.88. The Morgan fingerprint density at radius 3 is 2.26 bits per heavy atom. The molecular formula is C26H19N3O2. The van der Waals surface area contributed by atoms with Crippen molar-refractivity contribution in [3.8, 4) is 28.3 Å². The van der Waals surface area contributed by atoms with E-state index < -0.39 is 0 Å². The highest BCUT2D eigenvalue weighted by Gasteiger charge is 2.19. The third-order valence-electron chi connectivity index (χ3n) is 5.28. The predicted octanol–water partition coefficient (Wildman–Crippen LogP) is 4.88. The van der Waals surface area contributed by atoms with Crippen molar-refractivity contribution in [3.05, 3.63) is 113 Å². The van der Waals surface area contributed by atoms with Crippen LogP contribution in [0, 0.1) is 0 Å². The summed E-state index contributed by atoms with van der Waals surface area (Å²) in [6.45, 7) is 0.349. The molecule has 0 saturated carbocycles. The summed E-state index contributed by atoms with van der Waals surface area (Å²) in [7, 11) is 0. The van der Waals surface area contributed by atoms with Crippen molar-refractivity contribution >= 4 is 10.9 Å². The third-order valence-corrected chi connectivity index (χ3v) is 5.28. The standard InChI is InChI=1S/C26H19N3O2/c30-23-16-28-24(22-13-7-8-14-27-22)25-21(23)15-20(19-11-5-2-6-12-19)26(31)29(25)17-18-9-3-1-4-10-18/h1-16,30H,17H2. The van der Waals surface area contributed by atoms with E-state index in [1.54, 1.807) is 16.8 Å². The van der Waals surface area contributed by atoms with Crippen molar-refractivity contribution in [2.24, 2.45) is 0 Å². The van der Waals surface area contributed by atoms with Gasteiger partial charge in [0, 0.05) is 17.1 Å². The van der Waals surface area contributed by atoms with E-state index in [2.05, 4.69) is 9.97 Å². The van der Waals surface area contributed by atoms with Gasteiger partial charge in [0.1, 0.15) is 11.4 Å². The van der Waals surface area contributed by atoms with Gasteiger partial charge in [-0.15, -0.1) is 0 Å². The molecule has 5 nitrogen and oxygen atoms in total. The molecule has 5 rings (SSSR count). The predicted molar refractivity (Wildman–Crippen MR) is 122 cm³/mol. The number of benzene rings is 2. The maximum atomic E-state index is 13.7. The molecule has 0 aliphatic rings. The van der Waals surface area contributed by atoms with Crippen molar-refractivity contribution < 1.29 is 5.11 Å². The summed E-state index contributed by atoms with van der Waals surface area (Å²) in [5.41, 5.74) is 3.91. The lowest BCUT2D eigenvalue weighted by Gasteiger charge is -2.16. The lowest BCUT2D eigenvalue weighted by Crippen LogP contribution is -2.23. The first kappa shape index (κ1) is 18.8. The van der Waals surface area contributed by atoms with Gasteiger partial charge in [-0.1, -0.05) is 66.7 Å². The van der Waals surface area contributed by atoms with Gasteiger partial charge in [0.25, 0.3) is 5.56 Å². The molecule has 0 aliphatic carbocycles. The maximum Gasteiger partial charge on any atom is 0.259 e. The van der Waals surface area contributed by atoms with E-state index in [-0.39, 0.29) is 11.3 Å². The molecule has 0 amide bonds. The Kier molecular flexibility index (Phi) is 4.77. The molecule has 0 saturated heterocycles. The van der Waals surface area contributed by atoms with Gasteiger partial charge in [-0.05, 0) is 29.3 Å². The number of nitrogens with zero attached hydrogens (tertiary/aromatic N) is 3. The van der Waals surface area contributed by atoms with Crippen LogP contribution in [0.1, 0.15) is 5.56 Å². The number of pyridine rings is 3. The van der Waals surface area contributed by atoms with Crippen LogP contribution in [0.5, 0.6) is 5.75 Å². The van der Waals surface area contributed by atoms with Crippen molar-refractivity contribution in [2.45, 2.75) is 6.54 Å². The van der Waals surface area contributed by atoms with E-state index in [1.807, 2.05) is 78.9 Å². The van der Waals surface area contributed by atoms with Crippen molar-refractivity contribution in [2.75, 3.05) is 0 Å². The quantitative estimate of drug-likeness (QED) is 0.463. The average Bonchev–Trinajstić information content (AvgIpc) is 2.83. The highest BCUT2D eigenvalue weighted by molar-refractivity contribution is 5.96. The van der Waals surface area contributed by atoms with Crippen LogP contribution in [0.2, 0.25) is 0 Å². The van der Waals surface area contributed by atoms with Crippen molar-refractivity contribution in [1.29, 1.82) is 0 Å². The zero-order chi connectivity index (χ0) is 21.2. The largest absolute Gasteiger partial charge is 0.506 e. The Morgan fingerprint density at radius 1 is 0.839 bits per heavy atom. The average molecular weight is 405 g/mol. The van der Waals surface area contributed by atoms with E-state index in [0.717, 1.165) is 11.1 Å². The van der Waals surface area contributed by atoms with Crippen LogP contribution in [-0.2, 0) is 6.54 Å². The summed E-state index contributed by atoms with van der Waals surface area (Å²) in [5, 5.41) is 11.3. The van der Waals surface area contributed by atoms with Crippen LogP contribution >= 0.6 is 0 Å². The molecule has 3 heterocycles. The number of rotatable bonds is 4. The summed E-state index contributed by atoms with van der Waals surface area (Å²) >= 11 is 0. The molecule has 31 heavy (non-hydrogen) atoms. The number of hydrogen-bond acceptors (Lipinski definition) is 4. The van der Waals surface area contributed by atoms with Gasteiger partial charge in [0.05, 0.1) is 24.0 Å². The molecule has 0 bridgehead atoms. The van der Waals surface area contributed by atoms with E-state index in [1.165, 1.54) is 6.20 Å². The molecule has 0 atom stereocenters. The first-order chi connectivity index (χ1) is 15.2. The second kappa shape index (κ2) is 7.88. The van der Waals surface area contributed by atoms with Gasteiger partial charge in [-0.25, -0.2) is 4.98 Å². The van der Waals surface area contributed by atoms with E-state index >= 15 is 0 Å². The summed E-state index contributed by atoms with van der Waals surface area (Å²) in [6, 6.07) is 26.6. The lowest BCUT2D eigenvalue weighted by molar-refractivity contribution is 0.479. The number of hydrogen-bond donors (Lipinski definition) is 1. The third kappa shape index (κ3) is 3.46. The van der Waals surface area contributed by atoms with Crippen LogP contribution in [0.4, 0.5) is 0 Å². The summed E-state index contributed by atoms with van der Waals surface area (Å²) in [4.78, 5) is 22.6. The molecule has 2 aromatic carbocycles. The van der Waals surface area contributed by atoms with Crippen LogP contribution in [-0.4, -0.2) is 19.6 Å². The second-order valence-electron chi connectivity index (χ2n) is 7.27. The van der Waals surface area contributed by atoms with Gasteiger partial charge >= 0.3 is 0 Å². The van der Waals surface area contributed by atoms with E-state index in [9.17, 15) is 9.90 Å². The maximum absolute atomic E-state index is 13.7. The second-order valence-corrected chi connectivity index (χ2v) is 7.27. The monoisotopic (exact) mass is 405 g/mol. The van der Waals surface area contributed by atoms with Gasteiger partial charge in [-0.2, -0.15) is 0 Å². The van der Waals surface area contributed by atoms with Crippen molar-refractivity contribution in [3.63, 3.8) is 0 Å². The molecule has 150 valence electrons. The molecule has 0 radical (unpaired) electrons. The smallest absolute Gasteiger partial charge is 0.259 e. The first-order valence-electron chi connectivity index (χ1n) is 9.98. The minimum absolute atomic E-state index is 0.0219. The summed E-state index contributed by atoms with van der Waals surface area (Å²) in [5.74, 6) is 0.0219. The number of aromatic nitrogens is 3. The van der Waals surface area contributed by atoms with Crippen LogP contribution in [0.25, 0.3) is 33.4 Å². The Bertz CT molecular complexity index is 1410. The van der Waals surface area contributed by atoms with Crippen LogP contribution in [0.15, 0.2) is 102 Å².